The van der Waals surface area contributed by atoms with Crippen LogP contribution in [0.15, 0.2) is 33.9 Å². The molecule has 7 heteroatoms. The van der Waals surface area contributed by atoms with Gasteiger partial charge in [-0.25, -0.2) is 0 Å². The Hall–Kier alpha value is -0.910. The number of phenols is 1. The Bertz CT molecular complexity index is 571. The van der Waals surface area contributed by atoms with Crippen LogP contribution < -0.4 is 0 Å². The van der Waals surface area contributed by atoms with Gasteiger partial charge < -0.3 is 9.52 Å². The molecule has 0 amide bonds. The van der Waals surface area contributed by atoms with Crippen LogP contribution in [-0.2, 0) is 0 Å². The molecule has 3 rings (SSSR count). The fourth-order valence-electron chi connectivity index (χ4n) is 1.42. The maximum atomic E-state index is 9.19. The third kappa shape index (κ3) is 2.43. The number of aromatic nitrogens is 2. The molecular formula is C11H8Cl2N2O2S. The van der Waals surface area contributed by atoms with E-state index in [1.807, 2.05) is 0 Å². The maximum Gasteiger partial charge on any atom is 0.277 e. The van der Waals surface area contributed by atoms with Gasteiger partial charge in [-0.1, -0.05) is 11.8 Å². The Morgan fingerprint density at radius 3 is 2.56 bits per heavy atom. The summed E-state index contributed by atoms with van der Waals surface area (Å²) in [6.45, 7) is 0. The van der Waals surface area contributed by atoms with Gasteiger partial charge in [-0.05, 0) is 30.7 Å². The number of rotatable bonds is 3. The minimum atomic E-state index is -0.669. The molecule has 1 aromatic carbocycles. The van der Waals surface area contributed by atoms with E-state index in [1.165, 1.54) is 11.8 Å². The van der Waals surface area contributed by atoms with Crippen molar-refractivity contribution in [1.82, 2.24) is 10.2 Å². The van der Waals surface area contributed by atoms with Crippen molar-refractivity contribution < 1.29 is 9.52 Å². The van der Waals surface area contributed by atoms with E-state index < -0.39 is 4.33 Å². The first-order valence-electron chi connectivity index (χ1n) is 5.22. The van der Waals surface area contributed by atoms with E-state index in [0.717, 1.165) is 12.0 Å². The molecule has 1 aromatic heterocycles. The van der Waals surface area contributed by atoms with Crippen LogP contribution in [0.3, 0.4) is 0 Å². The van der Waals surface area contributed by atoms with Gasteiger partial charge in [-0.2, -0.15) is 0 Å². The van der Waals surface area contributed by atoms with E-state index >= 15 is 0 Å². The second kappa shape index (κ2) is 4.33. The van der Waals surface area contributed by atoms with Crippen molar-refractivity contribution >= 4 is 35.0 Å². The SMILES string of the molecule is Oc1ccc(-c2nnc(SC3CC3(Cl)Cl)o2)cc1. The van der Waals surface area contributed by atoms with Crippen LogP contribution in [0.5, 0.6) is 5.75 Å². The molecule has 0 aliphatic heterocycles. The number of hydrogen-bond acceptors (Lipinski definition) is 5. The Balaban J connectivity index is 1.75. The molecule has 1 heterocycles. The van der Waals surface area contributed by atoms with Gasteiger partial charge in [-0.15, -0.1) is 33.4 Å². The quantitative estimate of drug-likeness (QED) is 0.880. The zero-order valence-electron chi connectivity index (χ0n) is 9.01. The number of alkyl halides is 2. The predicted molar refractivity (Wildman–Crippen MR) is 70.1 cm³/mol. The lowest BCUT2D eigenvalue weighted by molar-refractivity contribution is 0.465. The van der Waals surface area contributed by atoms with Gasteiger partial charge in [0.15, 0.2) is 0 Å². The Labute approximate surface area is 117 Å². The third-order valence-electron chi connectivity index (χ3n) is 2.53. The molecule has 4 nitrogen and oxygen atoms in total. The number of aromatic hydroxyl groups is 1. The summed E-state index contributed by atoms with van der Waals surface area (Å²) in [5.74, 6) is 0.604. The molecule has 0 radical (unpaired) electrons. The lowest BCUT2D eigenvalue weighted by Crippen LogP contribution is -1.89. The Morgan fingerprint density at radius 1 is 1.28 bits per heavy atom. The van der Waals surface area contributed by atoms with Crippen molar-refractivity contribution in [3.63, 3.8) is 0 Å². The average molecular weight is 303 g/mol. The van der Waals surface area contributed by atoms with E-state index in [-0.39, 0.29) is 11.0 Å². The highest BCUT2D eigenvalue weighted by molar-refractivity contribution is 8.00. The molecule has 2 aromatic rings. The van der Waals surface area contributed by atoms with Gasteiger partial charge in [0, 0.05) is 5.56 Å². The van der Waals surface area contributed by atoms with E-state index in [4.69, 9.17) is 27.6 Å². The van der Waals surface area contributed by atoms with Crippen LogP contribution in [0.4, 0.5) is 0 Å². The molecular weight excluding hydrogens is 295 g/mol. The minimum Gasteiger partial charge on any atom is -0.508 e. The fourth-order valence-corrected chi connectivity index (χ4v) is 3.15. The van der Waals surface area contributed by atoms with Crippen molar-refractivity contribution in [2.45, 2.75) is 21.2 Å². The summed E-state index contributed by atoms with van der Waals surface area (Å²) in [5.41, 5.74) is 0.756. The number of hydrogen-bond donors (Lipinski definition) is 1. The van der Waals surface area contributed by atoms with Crippen molar-refractivity contribution in [3.05, 3.63) is 24.3 Å². The van der Waals surface area contributed by atoms with Crippen LogP contribution in [0, 0.1) is 0 Å². The minimum absolute atomic E-state index is 0.106. The van der Waals surface area contributed by atoms with E-state index in [0.29, 0.717) is 11.1 Å². The van der Waals surface area contributed by atoms with Gasteiger partial charge in [-0.3, -0.25) is 0 Å². The molecule has 1 saturated carbocycles. The van der Waals surface area contributed by atoms with Gasteiger partial charge in [0.05, 0.1) is 5.25 Å². The van der Waals surface area contributed by atoms with Crippen LogP contribution >= 0.6 is 35.0 Å². The zero-order chi connectivity index (χ0) is 12.8. The number of nitrogens with zero attached hydrogens (tertiary/aromatic N) is 2. The lowest BCUT2D eigenvalue weighted by atomic mass is 10.2. The molecule has 1 N–H and O–H groups in total. The first kappa shape index (κ1) is 12.1. The van der Waals surface area contributed by atoms with Gasteiger partial charge >= 0.3 is 0 Å². The highest BCUT2D eigenvalue weighted by Crippen LogP contribution is 2.56. The molecule has 94 valence electrons. The monoisotopic (exact) mass is 302 g/mol. The molecule has 0 spiro atoms. The van der Waals surface area contributed by atoms with Crippen LogP contribution in [-0.4, -0.2) is 24.9 Å². The van der Waals surface area contributed by atoms with Crippen molar-refractivity contribution in [2.75, 3.05) is 0 Å². The number of halogens is 2. The van der Waals surface area contributed by atoms with Crippen LogP contribution in [0.25, 0.3) is 11.5 Å². The van der Waals surface area contributed by atoms with E-state index in [2.05, 4.69) is 10.2 Å². The molecule has 1 aliphatic rings. The number of benzene rings is 1. The molecule has 1 atom stereocenters. The van der Waals surface area contributed by atoms with Gasteiger partial charge in [0.1, 0.15) is 10.1 Å². The molecule has 1 unspecified atom stereocenters. The van der Waals surface area contributed by atoms with Crippen molar-refractivity contribution in [1.29, 1.82) is 0 Å². The molecule has 0 bridgehead atoms. The van der Waals surface area contributed by atoms with Gasteiger partial charge in [0.2, 0.25) is 5.89 Å². The average Bonchev–Trinajstić information content (AvgIpc) is 2.75. The summed E-state index contributed by atoms with van der Waals surface area (Å²) in [6.07, 6.45) is 0.720. The lowest BCUT2D eigenvalue weighted by Gasteiger charge is -1.95. The molecule has 1 aliphatic carbocycles. The highest BCUT2D eigenvalue weighted by atomic mass is 35.5. The topological polar surface area (TPSA) is 59.2 Å². The predicted octanol–water partition coefficient (Wildman–Crippen LogP) is 3.48. The first-order chi connectivity index (χ1) is 8.54. The fraction of sp³-hybridized carbons (Fsp3) is 0.273. The number of phenolic OH excluding ortho intramolecular Hbond substituents is 1. The van der Waals surface area contributed by atoms with E-state index in [9.17, 15) is 5.11 Å². The van der Waals surface area contributed by atoms with Gasteiger partial charge in [0.25, 0.3) is 5.22 Å². The maximum absolute atomic E-state index is 9.19. The summed E-state index contributed by atoms with van der Waals surface area (Å²) in [5, 5.41) is 17.6. The Kier molecular flexibility index (Phi) is 2.92. The summed E-state index contributed by atoms with van der Waals surface area (Å²) in [4.78, 5) is 0. The standard InChI is InChI=1S/C11H8Cl2N2O2S/c12-11(13)5-8(11)18-10-15-14-9(17-10)6-1-3-7(16)4-2-6/h1-4,8,16H,5H2. The largest absolute Gasteiger partial charge is 0.508 e. The summed E-state index contributed by atoms with van der Waals surface area (Å²) in [6, 6.07) is 6.55. The van der Waals surface area contributed by atoms with Crippen LogP contribution in [0.2, 0.25) is 0 Å². The second-order valence-corrected chi connectivity index (χ2v) is 6.69. The number of thioether (sulfide) groups is 1. The smallest absolute Gasteiger partial charge is 0.277 e. The first-order valence-corrected chi connectivity index (χ1v) is 6.85. The summed E-state index contributed by atoms with van der Waals surface area (Å²) < 4.78 is 4.83. The molecule has 1 fully saturated rings. The molecule has 18 heavy (non-hydrogen) atoms. The third-order valence-corrected chi connectivity index (χ3v) is 4.85. The Morgan fingerprint density at radius 2 is 1.94 bits per heavy atom. The summed E-state index contributed by atoms with van der Waals surface area (Å²) in [7, 11) is 0. The highest BCUT2D eigenvalue weighted by Gasteiger charge is 2.53. The van der Waals surface area contributed by atoms with Crippen LogP contribution in [0.1, 0.15) is 6.42 Å². The van der Waals surface area contributed by atoms with Crippen molar-refractivity contribution in [3.8, 4) is 17.2 Å². The van der Waals surface area contributed by atoms with Crippen molar-refractivity contribution in [2.24, 2.45) is 0 Å². The summed E-state index contributed by atoms with van der Waals surface area (Å²) >= 11 is 13.2. The molecule has 0 saturated heterocycles. The normalized spacial score (nSPS) is 20.9. The zero-order valence-corrected chi connectivity index (χ0v) is 11.3. The van der Waals surface area contributed by atoms with E-state index in [1.54, 1.807) is 24.3 Å². The second-order valence-electron chi connectivity index (χ2n) is 3.99.